The number of halogens is 2. The summed E-state index contributed by atoms with van der Waals surface area (Å²) >= 11 is 0. The standard InChI is InChI=1S/C16H15F2NO2/c1-16(2,3)14-10(15(20)21)5-7-13(19-14)9-4-6-11(17)12(18)8-9/h4-8H,1-3H3,(H,20,21). The van der Waals surface area contributed by atoms with Gasteiger partial charge in [-0.25, -0.2) is 13.6 Å². The summed E-state index contributed by atoms with van der Waals surface area (Å²) in [4.78, 5) is 15.6. The van der Waals surface area contributed by atoms with Crippen molar-refractivity contribution < 1.29 is 18.7 Å². The van der Waals surface area contributed by atoms with E-state index in [1.807, 2.05) is 20.8 Å². The summed E-state index contributed by atoms with van der Waals surface area (Å²) in [5.41, 5.74) is 0.828. The molecule has 0 aliphatic carbocycles. The number of aromatic nitrogens is 1. The van der Waals surface area contributed by atoms with Crippen molar-refractivity contribution in [3.05, 3.63) is 53.2 Å². The van der Waals surface area contributed by atoms with Gasteiger partial charge in [0.05, 0.1) is 17.0 Å². The van der Waals surface area contributed by atoms with Crippen LogP contribution < -0.4 is 0 Å². The lowest BCUT2D eigenvalue weighted by Crippen LogP contribution is -2.19. The molecule has 1 aromatic heterocycles. The maximum Gasteiger partial charge on any atom is 0.337 e. The molecule has 2 aromatic rings. The fourth-order valence-electron chi connectivity index (χ4n) is 2.02. The zero-order valence-electron chi connectivity index (χ0n) is 11.9. The summed E-state index contributed by atoms with van der Waals surface area (Å²) in [6, 6.07) is 6.41. The normalized spacial score (nSPS) is 11.5. The van der Waals surface area contributed by atoms with E-state index in [0.717, 1.165) is 12.1 Å². The van der Waals surface area contributed by atoms with Crippen LogP contribution in [0.25, 0.3) is 11.3 Å². The third kappa shape index (κ3) is 3.07. The van der Waals surface area contributed by atoms with E-state index in [1.165, 1.54) is 18.2 Å². The first kappa shape index (κ1) is 15.1. The van der Waals surface area contributed by atoms with Crippen molar-refractivity contribution in [2.24, 2.45) is 0 Å². The van der Waals surface area contributed by atoms with Crippen LogP contribution in [-0.4, -0.2) is 16.1 Å². The summed E-state index contributed by atoms with van der Waals surface area (Å²) in [6.45, 7) is 5.53. The predicted octanol–water partition coefficient (Wildman–Crippen LogP) is 4.02. The predicted molar refractivity (Wildman–Crippen MR) is 75.2 cm³/mol. The lowest BCUT2D eigenvalue weighted by atomic mass is 9.88. The van der Waals surface area contributed by atoms with Crippen LogP contribution >= 0.6 is 0 Å². The second-order valence-corrected chi connectivity index (χ2v) is 5.78. The van der Waals surface area contributed by atoms with E-state index >= 15 is 0 Å². The molecule has 0 aliphatic heterocycles. The number of hydrogen-bond acceptors (Lipinski definition) is 2. The summed E-state index contributed by atoms with van der Waals surface area (Å²) in [7, 11) is 0. The number of benzene rings is 1. The largest absolute Gasteiger partial charge is 0.478 e. The molecule has 1 heterocycles. The molecule has 5 heteroatoms. The highest BCUT2D eigenvalue weighted by Crippen LogP contribution is 2.28. The fourth-order valence-corrected chi connectivity index (χ4v) is 2.02. The Balaban J connectivity index is 2.61. The zero-order chi connectivity index (χ0) is 15.8. The maximum atomic E-state index is 13.3. The van der Waals surface area contributed by atoms with Crippen LogP contribution in [-0.2, 0) is 5.41 Å². The SMILES string of the molecule is CC(C)(C)c1nc(-c2ccc(F)c(F)c2)ccc1C(=O)O. The smallest absolute Gasteiger partial charge is 0.337 e. The van der Waals surface area contributed by atoms with E-state index in [-0.39, 0.29) is 5.56 Å². The highest BCUT2D eigenvalue weighted by atomic mass is 19.2. The molecule has 0 saturated carbocycles. The highest BCUT2D eigenvalue weighted by Gasteiger charge is 2.24. The van der Waals surface area contributed by atoms with Gasteiger partial charge in [0.2, 0.25) is 0 Å². The number of rotatable bonds is 2. The minimum atomic E-state index is -1.07. The first-order valence-electron chi connectivity index (χ1n) is 6.40. The summed E-state index contributed by atoms with van der Waals surface area (Å²) in [5, 5.41) is 9.22. The van der Waals surface area contributed by atoms with Gasteiger partial charge in [0.15, 0.2) is 11.6 Å². The molecule has 1 aromatic carbocycles. The van der Waals surface area contributed by atoms with Crippen LogP contribution in [0.15, 0.2) is 30.3 Å². The van der Waals surface area contributed by atoms with E-state index in [2.05, 4.69) is 4.98 Å². The molecule has 0 spiro atoms. The number of aromatic carboxylic acids is 1. The van der Waals surface area contributed by atoms with Gasteiger partial charge in [0, 0.05) is 11.0 Å². The van der Waals surface area contributed by atoms with Gasteiger partial charge >= 0.3 is 5.97 Å². The van der Waals surface area contributed by atoms with Crippen molar-refractivity contribution >= 4 is 5.97 Å². The van der Waals surface area contributed by atoms with E-state index in [1.54, 1.807) is 0 Å². The summed E-state index contributed by atoms with van der Waals surface area (Å²) < 4.78 is 26.3. The molecule has 0 aliphatic rings. The Morgan fingerprint density at radius 1 is 1.10 bits per heavy atom. The number of carboxylic acids is 1. The molecule has 0 saturated heterocycles. The molecule has 3 nitrogen and oxygen atoms in total. The van der Waals surface area contributed by atoms with E-state index in [0.29, 0.717) is 17.0 Å². The molecule has 0 radical (unpaired) electrons. The summed E-state index contributed by atoms with van der Waals surface area (Å²) in [5.74, 6) is -2.96. The van der Waals surface area contributed by atoms with Gasteiger partial charge in [0.1, 0.15) is 0 Å². The number of carboxylic acid groups (broad SMARTS) is 1. The van der Waals surface area contributed by atoms with Crippen molar-refractivity contribution in [1.29, 1.82) is 0 Å². The second kappa shape index (κ2) is 5.24. The molecular formula is C16H15F2NO2. The van der Waals surface area contributed by atoms with Crippen LogP contribution in [0.5, 0.6) is 0 Å². The third-order valence-electron chi connectivity index (χ3n) is 3.05. The van der Waals surface area contributed by atoms with Gasteiger partial charge in [-0.15, -0.1) is 0 Å². The first-order chi connectivity index (χ1) is 9.70. The number of pyridine rings is 1. The van der Waals surface area contributed by atoms with Crippen molar-refractivity contribution in [3.63, 3.8) is 0 Å². The maximum absolute atomic E-state index is 13.3. The Hall–Kier alpha value is -2.30. The Morgan fingerprint density at radius 3 is 2.29 bits per heavy atom. The quantitative estimate of drug-likeness (QED) is 0.909. The monoisotopic (exact) mass is 291 g/mol. The van der Waals surface area contributed by atoms with Crippen molar-refractivity contribution in [3.8, 4) is 11.3 Å². The van der Waals surface area contributed by atoms with Gasteiger partial charge in [-0.05, 0) is 30.3 Å². The zero-order valence-corrected chi connectivity index (χ0v) is 11.9. The van der Waals surface area contributed by atoms with Crippen molar-refractivity contribution in [2.45, 2.75) is 26.2 Å². The molecule has 21 heavy (non-hydrogen) atoms. The summed E-state index contributed by atoms with van der Waals surface area (Å²) in [6.07, 6.45) is 0. The molecule has 0 amide bonds. The van der Waals surface area contributed by atoms with Gasteiger partial charge in [-0.3, -0.25) is 4.98 Å². The Kier molecular flexibility index (Phi) is 3.77. The minimum absolute atomic E-state index is 0.105. The highest BCUT2D eigenvalue weighted by molar-refractivity contribution is 5.89. The molecule has 0 atom stereocenters. The van der Waals surface area contributed by atoms with Gasteiger partial charge in [-0.1, -0.05) is 20.8 Å². The Labute approximate surface area is 121 Å². The van der Waals surface area contributed by atoms with Gasteiger partial charge in [0.25, 0.3) is 0 Å². The number of carbonyl (C=O) groups is 1. The molecule has 0 fully saturated rings. The van der Waals surface area contributed by atoms with Gasteiger partial charge < -0.3 is 5.11 Å². The van der Waals surface area contributed by atoms with E-state index in [9.17, 15) is 18.7 Å². The average Bonchev–Trinajstić information content (AvgIpc) is 2.40. The van der Waals surface area contributed by atoms with Crippen molar-refractivity contribution in [1.82, 2.24) is 4.98 Å². The van der Waals surface area contributed by atoms with Crippen molar-refractivity contribution in [2.75, 3.05) is 0 Å². The first-order valence-corrected chi connectivity index (χ1v) is 6.40. The van der Waals surface area contributed by atoms with Crippen LogP contribution in [0.2, 0.25) is 0 Å². The lowest BCUT2D eigenvalue weighted by Gasteiger charge is -2.21. The van der Waals surface area contributed by atoms with E-state index < -0.39 is 23.0 Å². The van der Waals surface area contributed by atoms with Crippen LogP contribution in [0.4, 0.5) is 8.78 Å². The molecule has 110 valence electrons. The Bertz CT molecular complexity index is 706. The Morgan fingerprint density at radius 2 is 1.76 bits per heavy atom. The van der Waals surface area contributed by atoms with Crippen LogP contribution in [0, 0.1) is 11.6 Å². The number of hydrogen-bond donors (Lipinski definition) is 1. The van der Waals surface area contributed by atoms with Gasteiger partial charge in [-0.2, -0.15) is 0 Å². The minimum Gasteiger partial charge on any atom is -0.478 e. The average molecular weight is 291 g/mol. The topological polar surface area (TPSA) is 50.2 Å². The molecule has 0 bridgehead atoms. The third-order valence-corrected chi connectivity index (χ3v) is 3.05. The molecule has 2 rings (SSSR count). The number of nitrogens with zero attached hydrogens (tertiary/aromatic N) is 1. The lowest BCUT2D eigenvalue weighted by molar-refractivity contribution is 0.0693. The van der Waals surface area contributed by atoms with Crippen LogP contribution in [0.1, 0.15) is 36.8 Å². The second-order valence-electron chi connectivity index (χ2n) is 5.78. The van der Waals surface area contributed by atoms with E-state index in [4.69, 9.17) is 0 Å². The molecule has 1 N–H and O–H groups in total. The fraction of sp³-hybridized carbons (Fsp3) is 0.250. The molecular weight excluding hydrogens is 276 g/mol. The molecule has 0 unspecified atom stereocenters. The van der Waals surface area contributed by atoms with Crippen LogP contribution in [0.3, 0.4) is 0 Å².